The SMILES string of the molecule is CN(C(=O)c1ccc(Cl)c(C(F)(F)F)c1)c1ccc(-c2cc(C(F)(F)F)n(C)n2)c(O)c1. The summed E-state index contributed by atoms with van der Waals surface area (Å²) in [6.45, 7) is 0. The van der Waals surface area contributed by atoms with Crippen molar-refractivity contribution in [3.8, 4) is 17.0 Å². The Kier molecular flexibility index (Phi) is 5.90. The van der Waals surface area contributed by atoms with Gasteiger partial charge in [-0.15, -0.1) is 0 Å². The van der Waals surface area contributed by atoms with Gasteiger partial charge in [0.25, 0.3) is 5.91 Å². The van der Waals surface area contributed by atoms with E-state index in [4.69, 9.17) is 11.6 Å². The van der Waals surface area contributed by atoms with E-state index in [-0.39, 0.29) is 22.5 Å². The smallest absolute Gasteiger partial charge is 0.433 e. The molecule has 1 amide bonds. The molecule has 1 heterocycles. The van der Waals surface area contributed by atoms with Crippen molar-refractivity contribution in [3.05, 3.63) is 64.3 Å². The molecule has 5 nitrogen and oxygen atoms in total. The topological polar surface area (TPSA) is 58.4 Å². The zero-order valence-electron chi connectivity index (χ0n) is 16.4. The molecule has 0 radical (unpaired) electrons. The zero-order valence-corrected chi connectivity index (χ0v) is 17.1. The van der Waals surface area contributed by atoms with Crippen LogP contribution in [0.15, 0.2) is 42.5 Å². The van der Waals surface area contributed by atoms with Crippen LogP contribution in [0.3, 0.4) is 0 Å². The number of aryl methyl sites for hydroxylation is 1. The number of hydrogen-bond acceptors (Lipinski definition) is 3. The van der Waals surface area contributed by atoms with E-state index in [1.54, 1.807) is 0 Å². The molecule has 3 aromatic rings. The van der Waals surface area contributed by atoms with Crippen LogP contribution in [0.4, 0.5) is 32.0 Å². The molecule has 0 bridgehead atoms. The summed E-state index contributed by atoms with van der Waals surface area (Å²) < 4.78 is 78.7. The summed E-state index contributed by atoms with van der Waals surface area (Å²) in [6.07, 6.45) is -9.40. The molecule has 1 aromatic heterocycles. The molecule has 0 atom stereocenters. The lowest BCUT2D eigenvalue weighted by Gasteiger charge is -2.19. The van der Waals surface area contributed by atoms with Crippen LogP contribution >= 0.6 is 11.6 Å². The van der Waals surface area contributed by atoms with Crippen LogP contribution in [-0.4, -0.2) is 27.8 Å². The lowest BCUT2D eigenvalue weighted by Crippen LogP contribution is -2.26. The quantitative estimate of drug-likeness (QED) is 0.488. The van der Waals surface area contributed by atoms with Crippen molar-refractivity contribution in [2.75, 3.05) is 11.9 Å². The molecule has 0 aliphatic heterocycles. The number of rotatable bonds is 3. The van der Waals surface area contributed by atoms with E-state index < -0.39 is 40.3 Å². The van der Waals surface area contributed by atoms with Crippen LogP contribution in [0.1, 0.15) is 21.6 Å². The number of aromatic nitrogens is 2. The van der Waals surface area contributed by atoms with Gasteiger partial charge < -0.3 is 10.0 Å². The number of benzene rings is 2. The number of phenolic OH excluding ortho intramolecular Hbond substituents is 1. The number of carbonyl (C=O) groups excluding carboxylic acids is 1. The van der Waals surface area contributed by atoms with Gasteiger partial charge in [-0.05, 0) is 36.4 Å². The van der Waals surface area contributed by atoms with Gasteiger partial charge in [0.05, 0.1) is 16.3 Å². The normalized spacial score (nSPS) is 12.2. The predicted octanol–water partition coefficient (Wildman–Crippen LogP) is 5.76. The molecule has 0 spiro atoms. The fourth-order valence-corrected chi connectivity index (χ4v) is 3.22. The van der Waals surface area contributed by atoms with Crippen LogP contribution < -0.4 is 4.90 Å². The number of amides is 1. The molecule has 0 unspecified atom stereocenters. The minimum Gasteiger partial charge on any atom is -0.507 e. The number of aromatic hydroxyl groups is 1. The molecule has 32 heavy (non-hydrogen) atoms. The Hall–Kier alpha value is -3.21. The standard InChI is InChI=1S/C20H14ClF6N3O2/c1-29(18(32)10-3-6-14(21)13(7-10)19(22,23)24)11-4-5-12(16(31)8-11)15-9-17(20(25,26)27)30(2)28-15/h3-9,31H,1-2H3. The first kappa shape index (κ1) is 23.5. The average molecular weight is 478 g/mol. The van der Waals surface area contributed by atoms with Gasteiger partial charge in [-0.25, -0.2) is 0 Å². The first-order valence-electron chi connectivity index (χ1n) is 8.79. The van der Waals surface area contributed by atoms with E-state index >= 15 is 0 Å². The Morgan fingerprint density at radius 3 is 2.22 bits per heavy atom. The average Bonchev–Trinajstić information content (AvgIpc) is 3.08. The predicted molar refractivity (Wildman–Crippen MR) is 104 cm³/mol. The number of halogens is 7. The highest BCUT2D eigenvalue weighted by Crippen LogP contribution is 2.37. The van der Waals surface area contributed by atoms with Gasteiger partial charge in [0.15, 0.2) is 0 Å². The van der Waals surface area contributed by atoms with Crippen LogP contribution in [0.5, 0.6) is 5.75 Å². The highest BCUT2D eigenvalue weighted by Gasteiger charge is 2.36. The number of carbonyl (C=O) groups is 1. The molecule has 0 fully saturated rings. The maximum absolute atomic E-state index is 13.1. The van der Waals surface area contributed by atoms with Crippen molar-refractivity contribution < 1.29 is 36.2 Å². The summed E-state index contributed by atoms with van der Waals surface area (Å²) >= 11 is 5.56. The van der Waals surface area contributed by atoms with Gasteiger partial charge in [0, 0.05) is 37.0 Å². The number of nitrogens with zero attached hydrogens (tertiary/aromatic N) is 3. The van der Waals surface area contributed by atoms with Crippen molar-refractivity contribution in [1.82, 2.24) is 9.78 Å². The van der Waals surface area contributed by atoms with E-state index in [9.17, 15) is 36.2 Å². The summed E-state index contributed by atoms with van der Waals surface area (Å²) in [5.41, 5.74) is -2.57. The Balaban J connectivity index is 1.92. The van der Waals surface area contributed by atoms with Crippen LogP contribution in [0.2, 0.25) is 5.02 Å². The maximum atomic E-state index is 13.1. The summed E-state index contributed by atoms with van der Waals surface area (Å²) in [5, 5.41) is 13.5. The third-order valence-electron chi connectivity index (χ3n) is 4.64. The van der Waals surface area contributed by atoms with E-state index in [1.165, 1.54) is 19.2 Å². The Morgan fingerprint density at radius 1 is 1.03 bits per heavy atom. The molecular formula is C20H14ClF6N3O2. The Morgan fingerprint density at radius 2 is 1.69 bits per heavy atom. The van der Waals surface area contributed by atoms with Crippen molar-refractivity contribution in [3.63, 3.8) is 0 Å². The molecule has 0 aliphatic carbocycles. The van der Waals surface area contributed by atoms with E-state index in [1.807, 2.05) is 0 Å². The van der Waals surface area contributed by atoms with Gasteiger partial charge in [-0.2, -0.15) is 31.4 Å². The monoisotopic (exact) mass is 477 g/mol. The van der Waals surface area contributed by atoms with E-state index in [0.29, 0.717) is 10.7 Å². The third-order valence-corrected chi connectivity index (χ3v) is 4.97. The van der Waals surface area contributed by atoms with Crippen molar-refractivity contribution >= 4 is 23.2 Å². The lowest BCUT2D eigenvalue weighted by atomic mass is 10.1. The minimum atomic E-state index is -4.76. The molecule has 2 aromatic carbocycles. The summed E-state index contributed by atoms with van der Waals surface area (Å²) in [6, 6.07) is 7.10. The number of alkyl halides is 6. The fraction of sp³-hybridized carbons (Fsp3) is 0.200. The molecular weight excluding hydrogens is 464 g/mol. The van der Waals surface area contributed by atoms with Gasteiger partial charge in [0.1, 0.15) is 11.4 Å². The number of hydrogen-bond donors (Lipinski definition) is 1. The molecule has 170 valence electrons. The molecule has 3 rings (SSSR count). The number of anilines is 1. The fourth-order valence-electron chi connectivity index (χ4n) is 3.00. The van der Waals surface area contributed by atoms with Gasteiger partial charge in [-0.3, -0.25) is 9.48 Å². The number of phenols is 1. The van der Waals surface area contributed by atoms with Crippen molar-refractivity contribution in [2.24, 2.45) is 7.05 Å². The molecule has 0 aliphatic rings. The zero-order chi connectivity index (χ0) is 24.0. The molecule has 12 heteroatoms. The summed E-state index contributed by atoms with van der Waals surface area (Å²) in [5.74, 6) is -1.29. The molecule has 1 N–H and O–H groups in total. The van der Waals surface area contributed by atoms with Crippen LogP contribution in [0, 0.1) is 0 Å². The second-order valence-corrected chi connectivity index (χ2v) is 7.20. The van der Waals surface area contributed by atoms with Crippen LogP contribution in [-0.2, 0) is 19.4 Å². The first-order chi connectivity index (χ1) is 14.7. The second-order valence-electron chi connectivity index (χ2n) is 6.79. The summed E-state index contributed by atoms with van der Waals surface area (Å²) in [4.78, 5) is 13.6. The van der Waals surface area contributed by atoms with Crippen molar-refractivity contribution in [2.45, 2.75) is 12.4 Å². The Bertz CT molecular complexity index is 1190. The third kappa shape index (κ3) is 4.52. The lowest BCUT2D eigenvalue weighted by molar-refractivity contribution is -0.143. The van der Waals surface area contributed by atoms with Crippen molar-refractivity contribution in [1.29, 1.82) is 0 Å². The maximum Gasteiger partial charge on any atom is 0.433 e. The van der Waals surface area contributed by atoms with Gasteiger partial charge >= 0.3 is 12.4 Å². The van der Waals surface area contributed by atoms with Gasteiger partial charge in [0.2, 0.25) is 0 Å². The first-order valence-corrected chi connectivity index (χ1v) is 9.17. The Labute approximate surface area is 182 Å². The second kappa shape index (κ2) is 8.05. The molecule has 0 saturated carbocycles. The van der Waals surface area contributed by atoms with E-state index in [2.05, 4.69) is 5.10 Å². The highest BCUT2D eigenvalue weighted by molar-refractivity contribution is 6.31. The summed E-state index contributed by atoms with van der Waals surface area (Å²) in [7, 11) is 2.37. The molecule has 0 saturated heterocycles. The largest absolute Gasteiger partial charge is 0.507 e. The van der Waals surface area contributed by atoms with E-state index in [0.717, 1.165) is 36.2 Å². The van der Waals surface area contributed by atoms with Crippen LogP contribution in [0.25, 0.3) is 11.3 Å². The highest BCUT2D eigenvalue weighted by atomic mass is 35.5. The van der Waals surface area contributed by atoms with Gasteiger partial charge in [-0.1, -0.05) is 11.6 Å². The minimum absolute atomic E-state index is 0.0217.